The predicted octanol–water partition coefficient (Wildman–Crippen LogP) is 3.71. The van der Waals surface area contributed by atoms with E-state index in [0.717, 1.165) is 33.5 Å². The van der Waals surface area contributed by atoms with Gasteiger partial charge in [-0.3, -0.25) is 14.4 Å². The highest BCUT2D eigenvalue weighted by Crippen LogP contribution is 2.33. The van der Waals surface area contributed by atoms with Gasteiger partial charge in [0.25, 0.3) is 16.3 Å². The average Bonchev–Trinajstić information content (AvgIpc) is 3.37. The largest absolute Gasteiger partial charge is 0.569 e. The number of aromatic nitrogens is 2. The minimum atomic E-state index is -4.71. The number of halogens is 3. The van der Waals surface area contributed by atoms with Crippen LogP contribution in [0.2, 0.25) is 0 Å². The number of amides is 1. The van der Waals surface area contributed by atoms with E-state index in [0.29, 0.717) is 5.56 Å². The Kier molecular flexibility index (Phi) is 8.93. The highest BCUT2D eigenvalue weighted by Gasteiger charge is 2.40. The van der Waals surface area contributed by atoms with E-state index < -0.39 is 46.0 Å². The van der Waals surface area contributed by atoms with Crippen molar-refractivity contribution in [3.8, 4) is 16.9 Å². The molecule has 43 heavy (non-hydrogen) atoms. The number of sulfonamides is 1. The SMILES string of the molecule is CCC(=O)OC(C)ON=[N+]([O-])N1CC(C(=O)NS(=O)(=O)c2ccc(-n3nc(C(F)(F)F)cc3-c3ccc(C)cc3)cc2)C1. The third-order valence-corrected chi connectivity index (χ3v) is 7.66. The Morgan fingerprint density at radius 2 is 1.79 bits per heavy atom. The molecule has 13 nitrogen and oxygen atoms in total. The number of benzene rings is 2. The van der Waals surface area contributed by atoms with Gasteiger partial charge < -0.3 is 9.94 Å². The van der Waals surface area contributed by atoms with Crippen LogP contribution in [0.25, 0.3) is 16.9 Å². The summed E-state index contributed by atoms with van der Waals surface area (Å²) in [4.78, 5) is 28.2. The molecule has 0 saturated carbocycles. The third-order valence-electron chi connectivity index (χ3n) is 6.30. The van der Waals surface area contributed by atoms with Gasteiger partial charge in [-0.15, -0.1) is 5.01 Å². The molecule has 2 aromatic carbocycles. The van der Waals surface area contributed by atoms with Crippen molar-refractivity contribution in [2.75, 3.05) is 13.1 Å². The van der Waals surface area contributed by atoms with Crippen LogP contribution in [-0.4, -0.2) is 59.4 Å². The molecule has 3 aromatic rings. The molecular weight excluding hydrogens is 597 g/mol. The van der Waals surface area contributed by atoms with E-state index in [9.17, 15) is 36.4 Å². The Hall–Kier alpha value is -4.67. The Labute approximate surface area is 244 Å². The van der Waals surface area contributed by atoms with Crippen molar-refractivity contribution < 1.29 is 45.7 Å². The van der Waals surface area contributed by atoms with Crippen LogP contribution < -0.4 is 4.72 Å². The van der Waals surface area contributed by atoms with Crippen molar-refractivity contribution in [1.29, 1.82) is 0 Å². The van der Waals surface area contributed by atoms with Gasteiger partial charge in [0, 0.05) is 18.9 Å². The maximum atomic E-state index is 13.5. The second kappa shape index (κ2) is 12.3. The van der Waals surface area contributed by atoms with Crippen LogP contribution >= 0.6 is 0 Å². The minimum absolute atomic E-state index is 0.0532. The summed E-state index contributed by atoms with van der Waals surface area (Å²) in [6.45, 7) is 4.44. The Morgan fingerprint density at radius 3 is 2.37 bits per heavy atom. The number of hydrogen-bond donors (Lipinski definition) is 1. The Balaban J connectivity index is 1.42. The van der Waals surface area contributed by atoms with Gasteiger partial charge in [0.1, 0.15) is 0 Å². The van der Waals surface area contributed by atoms with Gasteiger partial charge in [-0.05, 0) is 37.3 Å². The fraction of sp³-hybridized carbons (Fsp3) is 0.346. The Bertz CT molecular complexity index is 1620. The number of nitrogens with one attached hydrogen (secondary N) is 1. The van der Waals surface area contributed by atoms with Crippen LogP contribution in [0, 0.1) is 18.0 Å². The maximum Gasteiger partial charge on any atom is 0.435 e. The molecule has 1 atom stereocenters. The molecule has 1 aliphatic rings. The van der Waals surface area contributed by atoms with Crippen LogP contribution in [0.1, 0.15) is 31.5 Å². The number of nitrogens with zero attached hydrogens (tertiary/aromatic N) is 5. The molecule has 4 rings (SSSR count). The highest BCUT2D eigenvalue weighted by molar-refractivity contribution is 7.90. The lowest BCUT2D eigenvalue weighted by Crippen LogP contribution is -2.56. The van der Waals surface area contributed by atoms with E-state index in [-0.39, 0.29) is 40.8 Å². The molecule has 17 heteroatoms. The van der Waals surface area contributed by atoms with E-state index in [1.807, 2.05) is 11.6 Å². The van der Waals surface area contributed by atoms with Crippen molar-refractivity contribution in [3.05, 3.63) is 71.1 Å². The molecule has 1 unspecified atom stereocenters. The van der Waals surface area contributed by atoms with Crippen LogP contribution in [0.3, 0.4) is 0 Å². The predicted molar refractivity (Wildman–Crippen MR) is 142 cm³/mol. The van der Waals surface area contributed by atoms with Gasteiger partial charge in [0.05, 0.1) is 40.3 Å². The second-order valence-electron chi connectivity index (χ2n) is 9.57. The van der Waals surface area contributed by atoms with E-state index >= 15 is 0 Å². The number of hydrogen-bond acceptors (Lipinski definition) is 9. The molecule has 1 amide bonds. The summed E-state index contributed by atoms with van der Waals surface area (Å²) in [6, 6.07) is 12.5. The first-order chi connectivity index (χ1) is 20.2. The molecular formula is C26H27F3N6O7S. The minimum Gasteiger partial charge on any atom is -0.569 e. The molecule has 0 spiro atoms. The van der Waals surface area contributed by atoms with Crippen LogP contribution in [0.15, 0.2) is 64.8 Å². The smallest absolute Gasteiger partial charge is 0.435 e. The summed E-state index contributed by atoms with van der Waals surface area (Å²) >= 11 is 0. The van der Waals surface area contributed by atoms with Crippen molar-refractivity contribution in [3.63, 3.8) is 0 Å². The number of carbonyl (C=O) groups is 2. The molecule has 0 aliphatic carbocycles. The second-order valence-corrected chi connectivity index (χ2v) is 11.3. The topological polar surface area (TPSA) is 158 Å². The fourth-order valence-corrected chi connectivity index (χ4v) is 4.94. The summed E-state index contributed by atoms with van der Waals surface area (Å²) in [5.41, 5.74) is 0.565. The summed E-state index contributed by atoms with van der Waals surface area (Å²) in [5.74, 6) is -2.29. The summed E-state index contributed by atoms with van der Waals surface area (Å²) in [6.07, 6.45) is -5.72. The number of aryl methyl sites for hydroxylation is 1. The first-order valence-electron chi connectivity index (χ1n) is 12.9. The van der Waals surface area contributed by atoms with Crippen molar-refractivity contribution in [2.24, 2.45) is 11.2 Å². The molecule has 1 aliphatic heterocycles. The van der Waals surface area contributed by atoms with Gasteiger partial charge in [0.2, 0.25) is 11.2 Å². The lowest BCUT2D eigenvalue weighted by molar-refractivity contribution is -0.727. The normalized spacial score (nSPS) is 15.0. The molecule has 1 saturated heterocycles. The van der Waals surface area contributed by atoms with Gasteiger partial charge in [-0.2, -0.15) is 18.3 Å². The van der Waals surface area contributed by atoms with E-state index in [4.69, 9.17) is 9.57 Å². The zero-order valence-corrected chi connectivity index (χ0v) is 23.9. The number of hydrazine groups is 1. The molecule has 0 radical (unpaired) electrons. The first kappa shape index (κ1) is 31.3. The molecule has 1 N–H and O–H groups in total. The molecule has 1 aromatic heterocycles. The van der Waals surface area contributed by atoms with Crippen LogP contribution in [-0.2, 0) is 35.4 Å². The number of ether oxygens (including phenoxy) is 1. The molecule has 1 fully saturated rings. The highest BCUT2D eigenvalue weighted by atomic mass is 32.2. The number of carbonyl (C=O) groups excluding carboxylic acids is 2. The zero-order valence-electron chi connectivity index (χ0n) is 23.1. The summed E-state index contributed by atoms with van der Waals surface area (Å²) in [7, 11) is -4.35. The molecule has 2 heterocycles. The average molecular weight is 625 g/mol. The van der Waals surface area contributed by atoms with Gasteiger partial charge >= 0.3 is 12.1 Å². The lowest BCUT2D eigenvalue weighted by atomic mass is 10.0. The zero-order chi connectivity index (χ0) is 31.5. The third kappa shape index (κ3) is 7.40. The summed E-state index contributed by atoms with van der Waals surface area (Å²) < 4.78 is 73.8. The number of alkyl halides is 3. The summed E-state index contributed by atoms with van der Waals surface area (Å²) in [5, 5.41) is 20.0. The van der Waals surface area contributed by atoms with E-state index in [1.165, 1.54) is 19.1 Å². The molecule has 0 bridgehead atoms. The van der Waals surface area contributed by atoms with Gasteiger partial charge in [-0.25, -0.2) is 17.8 Å². The van der Waals surface area contributed by atoms with Crippen LogP contribution in [0.4, 0.5) is 13.2 Å². The van der Waals surface area contributed by atoms with Crippen LogP contribution in [0.5, 0.6) is 0 Å². The Morgan fingerprint density at radius 1 is 1.16 bits per heavy atom. The van der Waals surface area contributed by atoms with Crippen molar-refractivity contribution >= 4 is 21.9 Å². The first-order valence-corrected chi connectivity index (χ1v) is 14.4. The monoisotopic (exact) mass is 624 g/mol. The van der Waals surface area contributed by atoms with Gasteiger partial charge in [0.15, 0.2) is 5.69 Å². The quantitative estimate of drug-likeness (QED) is 0.117. The van der Waals surface area contributed by atoms with Crippen molar-refractivity contribution in [2.45, 2.75) is 44.6 Å². The number of rotatable bonds is 10. The lowest BCUT2D eigenvalue weighted by Gasteiger charge is -2.32. The van der Waals surface area contributed by atoms with Gasteiger partial charge in [-0.1, -0.05) is 36.8 Å². The maximum absolute atomic E-state index is 13.5. The number of esters is 1. The van der Waals surface area contributed by atoms with Crippen molar-refractivity contribution in [1.82, 2.24) is 19.5 Å². The fourth-order valence-electron chi connectivity index (χ4n) is 3.90. The van der Waals surface area contributed by atoms with E-state index in [2.05, 4.69) is 10.4 Å². The standard InChI is InChI=1S/C26H27F3N6O7S/c1-4-24(36)41-17(3)42-32-35(38)33-14-19(15-33)25(37)31-43(39,40)21-11-9-20(10-12-21)34-22(13-23(30-34)26(27,28)29)18-7-5-16(2)6-8-18/h5-13,17,19H,4,14-15H2,1-3H3,(H,31,37). The molecule has 230 valence electrons. The van der Waals surface area contributed by atoms with E-state index in [1.54, 1.807) is 31.2 Å².